The largest absolute Gasteiger partial charge is 0.384 e. The second-order valence-electron chi connectivity index (χ2n) is 4.24. The molecule has 0 radical (unpaired) electrons. The molecular weight excluding hydrogens is 216 g/mol. The number of nitrogens with two attached hydrogens (primary N) is 1. The number of aromatic nitrogens is 3. The molecule has 17 heavy (non-hydrogen) atoms. The van der Waals surface area contributed by atoms with Gasteiger partial charge >= 0.3 is 0 Å². The number of nitrogen functional groups attached to an aromatic ring is 1. The first-order chi connectivity index (χ1) is 7.99. The summed E-state index contributed by atoms with van der Waals surface area (Å²) in [5.41, 5.74) is 8.62. The molecule has 2 heterocycles. The number of hydrogen-bond donors (Lipinski definition) is 1. The van der Waals surface area contributed by atoms with Crippen LogP contribution >= 0.6 is 0 Å². The van der Waals surface area contributed by atoms with E-state index in [2.05, 4.69) is 5.10 Å². The van der Waals surface area contributed by atoms with Crippen molar-refractivity contribution in [1.82, 2.24) is 14.3 Å². The van der Waals surface area contributed by atoms with Crippen molar-refractivity contribution >= 4 is 5.82 Å². The normalized spacial score (nSPS) is 10.8. The van der Waals surface area contributed by atoms with Gasteiger partial charge in [0.05, 0.1) is 12.2 Å². The van der Waals surface area contributed by atoms with Gasteiger partial charge in [-0.1, -0.05) is 0 Å². The van der Waals surface area contributed by atoms with Crippen molar-refractivity contribution in [3.05, 3.63) is 45.5 Å². The van der Waals surface area contributed by atoms with Crippen molar-refractivity contribution in [2.75, 3.05) is 5.73 Å². The van der Waals surface area contributed by atoms with Crippen LogP contribution in [0.5, 0.6) is 0 Å². The second-order valence-corrected chi connectivity index (χ2v) is 4.24. The molecular formula is C12H16N4O. The highest BCUT2D eigenvalue weighted by Gasteiger charge is 2.11. The lowest BCUT2D eigenvalue weighted by molar-refractivity contribution is 0.754. The Morgan fingerprint density at radius 3 is 2.65 bits per heavy atom. The Morgan fingerprint density at radius 1 is 1.41 bits per heavy atom. The fraction of sp³-hybridized carbons (Fsp3) is 0.333. The van der Waals surface area contributed by atoms with Gasteiger partial charge in [0.25, 0.3) is 5.56 Å². The Labute approximate surface area is 99.5 Å². The highest BCUT2D eigenvalue weighted by molar-refractivity contribution is 5.43. The molecule has 0 saturated carbocycles. The minimum Gasteiger partial charge on any atom is -0.384 e. The van der Waals surface area contributed by atoms with E-state index >= 15 is 0 Å². The molecule has 5 nitrogen and oxygen atoms in total. The van der Waals surface area contributed by atoms with Crippen LogP contribution in [0.2, 0.25) is 0 Å². The molecule has 0 spiro atoms. The Hall–Kier alpha value is -2.04. The fourth-order valence-corrected chi connectivity index (χ4v) is 1.82. The Bertz CT molecular complexity index is 609. The van der Waals surface area contributed by atoms with E-state index < -0.39 is 0 Å². The lowest BCUT2D eigenvalue weighted by atomic mass is 10.2. The van der Waals surface area contributed by atoms with Gasteiger partial charge in [0.2, 0.25) is 0 Å². The summed E-state index contributed by atoms with van der Waals surface area (Å²) in [4.78, 5) is 11.8. The van der Waals surface area contributed by atoms with Crippen LogP contribution < -0.4 is 11.3 Å². The summed E-state index contributed by atoms with van der Waals surface area (Å²) in [5.74, 6) is 0.606. The quantitative estimate of drug-likeness (QED) is 0.834. The van der Waals surface area contributed by atoms with E-state index in [4.69, 9.17) is 5.73 Å². The minimum atomic E-state index is -0.0207. The summed E-state index contributed by atoms with van der Waals surface area (Å²) in [6, 6.07) is 3.52. The zero-order chi connectivity index (χ0) is 12.6. The maximum atomic E-state index is 11.8. The molecule has 0 fully saturated rings. The van der Waals surface area contributed by atoms with E-state index in [-0.39, 0.29) is 5.56 Å². The third-order valence-electron chi connectivity index (χ3n) is 2.87. The van der Waals surface area contributed by atoms with Crippen molar-refractivity contribution in [3.8, 4) is 0 Å². The summed E-state index contributed by atoms with van der Waals surface area (Å²) in [6.07, 6.45) is 1.78. The molecule has 0 saturated heterocycles. The molecule has 0 aliphatic heterocycles. The van der Waals surface area contributed by atoms with Gasteiger partial charge in [-0.15, -0.1) is 0 Å². The Morgan fingerprint density at radius 2 is 2.12 bits per heavy atom. The highest BCUT2D eigenvalue weighted by Crippen LogP contribution is 2.15. The average molecular weight is 232 g/mol. The summed E-state index contributed by atoms with van der Waals surface area (Å²) < 4.78 is 3.26. The predicted octanol–water partition coefficient (Wildman–Crippen LogP) is 0.829. The van der Waals surface area contributed by atoms with E-state index in [1.54, 1.807) is 28.6 Å². The van der Waals surface area contributed by atoms with Gasteiger partial charge in [-0.25, -0.2) is 0 Å². The van der Waals surface area contributed by atoms with Crippen molar-refractivity contribution in [2.24, 2.45) is 7.05 Å². The number of aryl methyl sites for hydroxylation is 3. The molecule has 0 atom stereocenters. The first kappa shape index (κ1) is 11.4. The van der Waals surface area contributed by atoms with Crippen LogP contribution in [0, 0.1) is 13.8 Å². The van der Waals surface area contributed by atoms with Crippen molar-refractivity contribution < 1.29 is 0 Å². The molecule has 0 aliphatic rings. The first-order valence-corrected chi connectivity index (χ1v) is 5.44. The van der Waals surface area contributed by atoms with E-state index in [1.165, 1.54) is 0 Å². The van der Waals surface area contributed by atoms with Gasteiger partial charge in [0.15, 0.2) is 0 Å². The molecule has 2 aromatic heterocycles. The smallest absolute Gasteiger partial charge is 0.251 e. The standard InChI is InChI=1S/C12H16N4O/c1-8-4-5-16(11(17)6-8)7-10-9(2)14-15(3)12(10)13/h4-6H,7,13H2,1-3H3. The molecule has 2 aromatic rings. The van der Waals surface area contributed by atoms with Crippen LogP contribution in [-0.2, 0) is 13.6 Å². The van der Waals surface area contributed by atoms with Crippen LogP contribution in [0.3, 0.4) is 0 Å². The lowest BCUT2D eigenvalue weighted by Crippen LogP contribution is -2.20. The van der Waals surface area contributed by atoms with Crippen molar-refractivity contribution in [1.29, 1.82) is 0 Å². The number of anilines is 1. The summed E-state index contributed by atoms with van der Waals surface area (Å²) in [7, 11) is 1.80. The van der Waals surface area contributed by atoms with Gasteiger partial charge < -0.3 is 10.3 Å². The van der Waals surface area contributed by atoms with Crippen molar-refractivity contribution in [2.45, 2.75) is 20.4 Å². The fourth-order valence-electron chi connectivity index (χ4n) is 1.82. The molecule has 0 amide bonds. The van der Waals surface area contributed by atoms with Crippen LogP contribution in [-0.4, -0.2) is 14.3 Å². The molecule has 0 aliphatic carbocycles. The molecule has 0 bridgehead atoms. The highest BCUT2D eigenvalue weighted by atomic mass is 16.1. The second kappa shape index (κ2) is 4.08. The SMILES string of the molecule is Cc1ccn(Cc2c(C)nn(C)c2N)c(=O)c1. The van der Waals surface area contributed by atoms with E-state index in [0.717, 1.165) is 16.8 Å². The van der Waals surface area contributed by atoms with Crippen LogP contribution in [0.25, 0.3) is 0 Å². The number of hydrogen-bond acceptors (Lipinski definition) is 3. The van der Waals surface area contributed by atoms with Gasteiger partial charge in [0, 0.05) is 24.9 Å². The van der Waals surface area contributed by atoms with E-state index in [1.807, 2.05) is 19.9 Å². The van der Waals surface area contributed by atoms with Crippen LogP contribution in [0.1, 0.15) is 16.8 Å². The average Bonchev–Trinajstić information content (AvgIpc) is 2.48. The van der Waals surface area contributed by atoms with Crippen LogP contribution in [0.4, 0.5) is 5.82 Å². The first-order valence-electron chi connectivity index (χ1n) is 5.44. The molecule has 0 aromatic carbocycles. The lowest BCUT2D eigenvalue weighted by Gasteiger charge is -2.06. The van der Waals surface area contributed by atoms with Gasteiger partial charge in [-0.05, 0) is 25.5 Å². The third kappa shape index (κ3) is 2.08. The Balaban J connectivity index is 2.41. The molecule has 2 N–H and O–H groups in total. The maximum Gasteiger partial charge on any atom is 0.251 e. The zero-order valence-corrected chi connectivity index (χ0v) is 10.3. The molecule has 90 valence electrons. The number of rotatable bonds is 2. The van der Waals surface area contributed by atoms with Gasteiger partial charge in [0.1, 0.15) is 5.82 Å². The summed E-state index contributed by atoms with van der Waals surface area (Å²) >= 11 is 0. The summed E-state index contributed by atoms with van der Waals surface area (Å²) in [5, 5.41) is 4.23. The topological polar surface area (TPSA) is 65.8 Å². The third-order valence-corrected chi connectivity index (χ3v) is 2.87. The Kier molecular flexibility index (Phi) is 2.75. The molecule has 0 unspecified atom stereocenters. The monoisotopic (exact) mass is 232 g/mol. The minimum absolute atomic E-state index is 0.0207. The number of pyridine rings is 1. The predicted molar refractivity (Wildman–Crippen MR) is 66.9 cm³/mol. The molecule has 5 heteroatoms. The van der Waals surface area contributed by atoms with E-state index in [9.17, 15) is 4.79 Å². The zero-order valence-electron chi connectivity index (χ0n) is 10.3. The van der Waals surface area contributed by atoms with Crippen LogP contribution in [0.15, 0.2) is 23.1 Å². The van der Waals surface area contributed by atoms with Crippen molar-refractivity contribution in [3.63, 3.8) is 0 Å². The molecule has 2 rings (SSSR count). The van der Waals surface area contributed by atoms with Gasteiger partial charge in [-0.3, -0.25) is 9.48 Å². The number of nitrogens with zero attached hydrogens (tertiary/aromatic N) is 3. The van der Waals surface area contributed by atoms with Gasteiger partial charge in [-0.2, -0.15) is 5.10 Å². The summed E-state index contributed by atoms with van der Waals surface area (Å²) in [6.45, 7) is 4.25. The maximum absolute atomic E-state index is 11.8. The van der Waals surface area contributed by atoms with E-state index in [0.29, 0.717) is 12.4 Å².